The normalized spacial score (nSPS) is 16.8. The highest BCUT2D eigenvalue weighted by molar-refractivity contribution is 4.85. The highest BCUT2D eigenvalue weighted by Crippen LogP contribution is 2.34. The number of hydrogen-bond donors (Lipinski definition) is 1. The molecule has 1 N–H and O–H groups in total. The summed E-state index contributed by atoms with van der Waals surface area (Å²) in [6, 6.07) is 0. The van der Waals surface area contributed by atoms with E-state index in [1.54, 1.807) is 0 Å². The van der Waals surface area contributed by atoms with Crippen molar-refractivity contribution in [3.05, 3.63) is 0 Å². The first-order valence-corrected chi connectivity index (χ1v) is 6.39. The average molecular weight is 214 g/mol. The topological polar surface area (TPSA) is 20.2 Å². The van der Waals surface area contributed by atoms with E-state index < -0.39 is 5.60 Å². The van der Waals surface area contributed by atoms with Crippen LogP contribution in [0, 0.1) is 11.3 Å². The van der Waals surface area contributed by atoms with Crippen LogP contribution >= 0.6 is 0 Å². The molecule has 0 spiro atoms. The van der Waals surface area contributed by atoms with Crippen molar-refractivity contribution in [1.82, 2.24) is 0 Å². The maximum absolute atomic E-state index is 10.3. The zero-order valence-electron chi connectivity index (χ0n) is 11.6. The second-order valence-electron chi connectivity index (χ2n) is 6.52. The van der Waals surface area contributed by atoms with Crippen LogP contribution in [-0.2, 0) is 0 Å². The van der Waals surface area contributed by atoms with Crippen molar-refractivity contribution in [2.45, 2.75) is 79.2 Å². The summed E-state index contributed by atoms with van der Waals surface area (Å²) >= 11 is 0. The lowest BCUT2D eigenvalue weighted by Gasteiger charge is -2.37. The minimum absolute atomic E-state index is 0.00888. The van der Waals surface area contributed by atoms with Crippen LogP contribution in [0.1, 0.15) is 73.6 Å². The number of unbranched alkanes of at least 4 members (excludes halogenated alkanes) is 2. The van der Waals surface area contributed by atoms with Crippen molar-refractivity contribution in [3.63, 3.8) is 0 Å². The first-order valence-electron chi connectivity index (χ1n) is 6.39. The predicted octanol–water partition coefficient (Wildman–Crippen LogP) is 4.39. The van der Waals surface area contributed by atoms with Crippen molar-refractivity contribution >= 4 is 0 Å². The van der Waals surface area contributed by atoms with Gasteiger partial charge in [-0.15, -0.1) is 0 Å². The van der Waals surface area contributed by atoms with E-state index in [0.29, 0.717) is 0 Å². The lowest BCUT2D eigenvalue weighted by atomic mass is 9.75. The zero-order chi connectivity index (χ0) is 12.1. The van der Waals surface area contributed by atoms with Crippen molar-refractivity contribution < 1.29 is 5.11 Å². The minimum atomic E-state index is -0.523. The van der Waals surface area contributed by atoms with E-state index >= 15 is 0 Å². The van der Waals surface area contributed by atoms with Gasteiger partial charge in [0.05, 0.1) is 5.60 Å². The lowest BCUT2D eigenvalue weighted by Crippen LogP contribution is -2.39. The Morgan fingerprint density at radius 1 is 0.933 bits per heavy atom. The highest BCUT2D eigenvalue weighted by atomic mass is 16.3. The van der Waals surface area contributed by atoms with E-state index in [2.05, 4.69) is 34.6 Å². The summed E-state index contributed by atoms with van der Waals surface area (Å²) in [6.45, 7) is 12.8. The van der Waals surface area contributed by atoms with Crippen molar-refractivity contribution in [2.24, 2.45) is 11.3 Å². The van der Waals surface area contributed by atoms with Crippen molar-refractivity contribution in [1.29, 1.82) is 0 Å². The fourth-order valence-corrected chi connectivity index (χ4v) is 1.57. The summed E-state index contributed by atoms with van der Waals surface area (Å²) in [4.78, 5) is 0. The van der Waals surface area contributed by atoms with Gasteiger partial charge in [-0.05, 0) is 24.7 Å². The van der Waals surface area contributed by atoms with Gasteiger partial charge in [0.1, 0.15) is 0 Å². The molecule has 0 radical (unpaired) electrons. The summed E-state index contributed by atoms with van der Waals surface area (Å²) < 4.78 is 0. The van der Waals surface area contributed by atoms with Gasteiger partial charge in [0, 0.05) is 0 Å². The van der Waals surface area contributed by atoms with Crippen LogP contribution in [0.5, 0.6) is 0 Å². The van der Waals surface area contributed by atoms with E-state index in [0.717, 1.165) is 18.8 Å². The second-order valence-corrected chi connectivity index (χ2v) is 6.52. The van der Waals surface area contributed by atoms with Crippen molar-refractivity contribution in [3.8, 4) is 0 Å². The molecule has 0 aliphatic rings. The van der Waals surface area contributed by atoms with Crippen molar-refractivity contribution in [2.75, 3.05) is 0 Å². The highest BCUT2D eigenvalue weighted by Gasteiger charge is 2.34. The molecular weight excluding hydrogens is 184 g/mol. The fourth-order valence-electron chi connectivity index (χ4n) is 1.57. The van der Waals surface area contributed by atoms with Gasteiger partial charge in [0.15, 0.2) is 0 Å². The molecule has 0 bridgehead atoms. The molecule has 0 heterocycles. The predicted molar refractivity (Wildman–Crippen MR) is 68.0 cm³/mol. The molecule has 0 aliphatic carbocycles. The summed E-state index contributed by atoms with van der Waals surface area (Å²) in [5.74, 6) is 0.813. The quantitative estimate of drug-likeness (QED) is 0.650. The van der Waals surface area contributed by atoms with Crippen LogP contribution in [0.25, 0.3) is 0 Å². The Bertz CT molecular complexity index is 163. The Morgan fingerprint density at radius 2 is 1.47 bits per heavy atom. The Kier molecular flexibility index (Phi) is 5.87. The van der Waals surface area contributed by atoms with Crippen LogP contribution < -0.4 is 0 Å². The summed E-state index contributed by atoms with van der Waals surface area (Å²) in [7, 11) is 0. The van der Waals surface area contributed by atoms with Crippen LogP contribution in [0.3, 0.4) is 0 Å². The van der Waals surface area contributed by atoms with Gasteiger partial charge in [-0.25, -0.2) is 0 Å². The van der Waals surface area contributed by atoms with Gasteiger partial charge >= 0.3 is 0 Å². The summed E-state index contributed by atoms with van der Waals surface area (Å²) in [5.41, 5.74) is -0.532. The Morgan fingerprint density at radius 3 is 1.87 bits per heavy atom. The van der Waals surface area contributed by atoms with Crippen LogP contribution in [0.15, 0.2) is 0 Å². The molecule has 0 saturated carbocycles. The maximum atomic E-state index is 10.3. The maximum Gasteiger partial charge on any atom is 0.0667 e. The largest absolute Gasteiger partial charge is 0.390 e. The summed E-state index contributed by atoms with van der Waals surface area (Å²) in [5, 5.41) is 10.3. The smallest absolute Gasteiger partial charge is 0.0667 e. The molecule has 0 fully saturated rings. The molecule has 1 nitrogen and oxygen atoms in total. The van der Waals surface area contributed by atoms with Crippen LogP contribution in [0.2, 0.25) is 0 Å². The molecule has 0 aromatic heterocycles. The van der Waals surface area contributed by atoms with E-state index in [-0.39, 0.29) is 5.41 Å². The molecule has 15 heavy (non-hydrogen) atoms. The fraction of sp³-hybridized carbons (Fsp3) is 1.00. The Hall–Kier alpha value is -0.0400. The third-order valence-corrected chi connectivity index (χ3v) is 3.56. The number of hydrogen-bond acceptors (Lipinski definition) is 1. The third kappa shape index (κ3) is 6.19. The van der Waals surface area contributed by atoms with E-state index in [1.165, 1.54) is 19.3 Å². The molecule has 1 unspecified atom stereocenters. The molecule has 0 aromatic rings. The van der Waals surface area contributed by atoms with E-state index in [1.807, 2.05) is 6.92 Å². The molecule has 1 heteroatoms. The number of rotatable bonds is 6. The van der Waals surface area contributed by atoms with E-state index in [9.17, 15) is 5.11 Å². The number of aliphatic hydroxyl groups is 1. The van der Waals surface area contributed by atoms with Crippen LogP contribution in [0.4, 0.5) is 0 Å². The first kappa shape index (κ1) is 15.0. The minimum Gasteiger partial charge on any atom is -0.390 e. The standard InChI is InChI=1S/C14H30O/c1-12(2)10-8-7-9-11-14(6,15)13(3,4)5/h12,15H,7-11H2,1-6H3. The van der Waals surface area contributed by atoms with Gasteiger partial charge in [-0.1, -0.05) is 60.3 Å². The summed E-state index contributed by atoms with van der Waals surface area (Å²) in [6.07, 6.45) is 5.95. The molecule has 0 rings (SSSR count). The van der Waals surface area contributed by atoms with Gasteiger partial charge in [-0.3, -0.25) is 0 Å². The molecule has 0 aromatic carbocycles. The molecular formula is C14H30O. The third-order valence-electron chi connectivity index (χ3n) is 3.56. The van der Waals surface area contributed by atoms with Crippen LogP contribution in [-0.4, -0.2) is 10.7 Å². The molecule has 92 valence electrons. The lowest BCUT2D eigenvalue weighted by molar-refractivity contribution is -0.0497. The van der Waals surface area contributed by atoms with Gasteiger partial charge in [0.25, 0.3) is 0 Å². The first-order chi connectivity index (χ1) is 6.67. The van der Waals surface area contributed by atoms with Gasteiger partial charge in [0.2, 0.25) is 0 Å². The second kappa shape index (κ2) is 5.89. The van der Waals surface area contributed by atoms with Gasteiger partial charge in [-0.2, -0.15) is 0 Å². The molecule has 1 atom stereocenters. The zero-order valence-corrected chi connectivity index (χ0v) is 11.6. The molecule has 0 amide bonds. The Labute approximate surface area is 96.3 Å². The average Bonchev–Trinajstić information content (AvgIpc) is 2.00. The monoisotopic (exact) mass is 214 g/mol. The molecule has 0 aliphatic heterocycles. The van der Waals surface area contributed by atoms with Gasteiger partial charge < -0.3 is 5.11 Å². The molecule has 0 saturated heterocycles. The Balaban J connectivity index is 3.68. The van der Waals surface area contributed by atoms with E-state index in [4.69, 9.17) is 0 Å². The SMILES string of the molecule is CC(C)CCCCCC(C)(O)C(C)(C)C.